The molecule has 16 heteroatoms. The van der Waals surface area contributed by atoms with E-state index in [4.69, 9.17) is 38.0 Å². The lowest BCUT2D eigenvalue weighted by Gasteiger charge is -2.50. The summed E-state index contributed by atoms with van der Waals surface area (Å²) in [6.07, 6.45) is 2.91. The van der Waals surface area contributed by atoms with Crippen molar-refractivity contribution in [3.8, 4) is 17.6 Å². The molecule has 0 saturated carbocycles. The van der Waals surface area contributed by atoms with Crippen LogP contribution in [0.25, 0.3) is 0 Å². The third-order valence-corrected chi connectivity index (χ3v) is 13.3. The maximum absolute atomic E-state index is 14.1. The van der Waals surface area contributed by atoms with E-state index in [-0.39, 0.29) is 38.3 Å². The van der Waals surface area contributed by atoms with Gasteiger partial charge in [-0.15, -0.1) is 0 Å². The van der Waals surface area contributed by atoms with Crippen molar-refractivity contribution in [2.45, 2.75) is 89.3 Å². The Hall–Kier alpha value is -5.46. The largest absolute Gasteiger partial charge is 0.497 e. The molecule has 4 unspecified atom stereocenters. The van der Waals surface area contributed by atoms with E-state index in [2.05, 4.69) is 43.4 Å². The van der Waals surface area contributed by atoms with E-state index in [1.165, 1.54) is 10.8 Å². The summed E-state index contributed by atoms with van der Waals surface area (Å²) in [7, 11) is 1.29. The van der Waals surface area contributed by atoms with Gasteiger partial charge in [0, 0.05) is 36.2 Å². The third-order valence-electron chi connectivity index (χ3n) is 11.1. The molecule has 0 spiro atoms. The molecule has 3 aromatic carbocycles. The van der Waals surface area contributed by atoms with Gasteiger partial charge in [0.15, 0.2) is 17.4 Å². The summed E-state index contributed by atoms with van der Waals surface area (Å²) in [5, 5.41) is 9.62. The summed E-state index contributed by atoms with van der Waals surface area (Å²) >= 11 is 0. The summed E-state index contributed by atoms with van der Waals surface area (Å²) in [5.41, 5.74) is -1.67. The van der Waals surface area contributed by atoms with Crippen LogP contribution in [-0.4, -0.2) is 81.4 Å². The molecule has 2 bridgehead atoms. The van der Waals surface area contributed by atoms with Crippen LogP contribution in [0.2, 0.25) is 0 Å². The summed E-state index contributed by atoms with van der Waals surface area (Å²) in [5.74, 6) is 1.62. The van der Waals surface area contributed by atoms with Crippen LogP contribution in [0, 0.1) is 18.3 Å². The highest BCUT2D eigenvalue weighted by molar-refractivity contribution is 7.44. The molecular weight excluding hydrogens is 798 g/mol. The van der Waals surface area contributed by atoms with E-state index in [1.54, 1.807) is 39.6 Å². The number of morpholine rings is 1. The Labute approximate surface area is 356 Å². The molecule has 15 nitrogen and oxygen atoms in total. The van der Waals surface area contributed by atoms with E-state index in [0.29, 0.717) is 34.1 Å². The second-order valence-electron chi connectivity index (χ2n) is 15.5. The lowest BCUT2D eigenvalue weighted by atomic mass is 9.70. The minimum absolute atomic E-state index is 0.0415. The van der Waals surface area contributed by atoms with Gasteiger partial charge in [-0.05, 0) is 81.6 Å². The number of H-pyrrole nitrogens is 1. The number of anilines is 1. The van der Waals surface area contributed by atoms with E-state index < -0.39 is 49.4 Å². The molecule has 1 N–H and O–H groups in total. The molecule has 7 rings (SSSR count). The van der Waals surface area contributed by atoms with E-state index in [0.717, 1.165) is 5.56 Å². The normalized spacial score (nSPS) is 20.3. The molecule has 320 valence electrons. The van der Waals surface area contributed by atoms with E-state index in [1.807, 2.05) is 83.8 Å². The predicted molar refractivity (Wildman–Crippen MR) is 230 cm³/mol. The standard InChI is InChI=1S/C45H52N7O8P/c1-30(2)52(31(3)4)61(58-26-11-23-46)60-39-38-41(50-27-32(5)40(53)49-43(50)54)59-44(39,29-51(38)42-47-24-12-25-48-42)45(34-15-19-36(55-6)20-16-34,35-17-21-37(56-7)22-18-35)57-28-33-13-9-8-10-14-33/h8-10,12-22,24-25,27,30-31,38-39,41H,11,26,28-29H2,1-7H3,(H,49,53,54)/t38?,39?,41?,44?,61-/m1/s1. The Morgan fingerprint density at radius 3 is 2.10 bits per heavy atom. The van der Waals surface area contributed by atoms with Crippen LogP contribution in [0.4, 0.5) is 5.95 Å². The van der Waals surface area contributed by atoms with Gasteiger partial charge in [-0.2, -0.15) is 5.26 Å². The molecule has 2 aliphatic rings. The molecule has 0 radical (unpaired) electrons. The first-order valence-electron chi connectivity index (χ1n) is 20.2. The first-order chi connectivity index (χ1) is 29.5. The SMILES string of the molecule is COc1ccc(C(OCc2ccccc2)(c2ccc(OC)cc2)C23CN(c4ncccn4)C(C(n4cc(C)c(=O)[nH]c4=O)O2)C3O[P@@](OCCC#N)N(C(C)C)C(C)C)cc1. The van der Waals surface area contributed by atoms with Crippen LogP contribution < -0.4 is 25.6 Å². The third kappa shape index (κ3) is 8.32. The molecule has 0 amide bonds. The Morgan fingerprint density at radius 2 is 1.54 bits per heavy atom. The summed E-state index contributed by atoms with van der Waals surface area (Å²) in [6, 6.07) is 28.2. The number of hydrogen-bond donors (Lipinski definition) is 1. The highest BCUT2D eigenvalue weighted by Crippen LogP contribution is 2.63. The van der Waals surface area contributed by atoms with Gasteiger partial charge in [0.25, 0.3) is 14.1 Å². The average Bonchev–Trinajstić information content (AvgIpc) is 3.76. The minimum atomic E-state index is -1.93. The van der Waals surface area contributed by atoms with Gasteiger partial charge in [-0.1, -0.05) is 54.6 Å². The van der Waals surface area contributed by atoms with E-state index >= 15 is 0 Å². The lowest BCUT2D eigenvalue weighted by Crippen LogP contribution is -2.62. The fourth-order valence-electron chi connectivity index (χ4n) is 8.52. The number of nitrogens with zero attached hydrogens (tertiary/aromatic N) is 6. The number of methoxy groups -OCH3 is 2. The molecule has 2 aromatic heterocycles. The first-order valence-corrected chi connectivity index (χ1v) is 21.4. The number of rotatable bonds is 18. The van der Waals surface area contributed by atoms with Crippen molar-refractivity contribution in [2.24, 2.45) is 0 Å². The van der Waals surface area contributed by atoms with Crippen LogP contribution >= 0.6 is 8.53 Å². The van der Waals surface area contributed by atoms with Gasteiger partial charge in [-0.25, -0.2) is 19.4 Å². The number of ether oxygens (including phenoxy) is 4. The van der Waals surface area contributed by atoms with E-state index in [9.17, 15) is 14.9 Å². The van der Waals surface area contributed by atoms with Gasteiger partial charge in [-0.3, -0.25) is 14.3 Å². The number of benzene rings is 3. The Kier molecular flexibility index (Phi) is 13.3. The molecule has 4 heterocycles. The molecule has 2 fully saturated rings. The van der Waals surface area contributed by atoms with Crippen molar-refractivity contribution in [1.82, 2.24) is 24.2 Å². The fraction of sp³-hybridized carbons (Fsp3) is 0.400. The highest BCUT2D eigenvalue weighted by atomic mass is 31.2. The van der Waals surface area contributed by atoms with Crippen LogP contribution in [0.15, 0.2) is 113 Å². The van der Waals surface area contributed by atoms with Gasteiger partial charge < -0.3 is 32.9 Å². The summed E-state index contributed by atoms with van der Waals surface area (Å²) in [4.78, 5) is 40.9. The first kappa shape index (κ1) is 43.6. The van der Waals surface area contributed by atoms with Crippen LogP contribution in [0.3, 0.4) is 0 Å². The van der Waals surface area contributed by atoms with Crippen molar-refractivity contribution >= 4 is 14.5 Å². The molecule has 2 saturated heterocycles. The highest BCUT2D eigenvalue weighted by Gasteiger charge is 2.75. The lowest BCUT2D eigenvalue weighted by molar-refractivity contribution is -0.222. The second kappa shape index (κ2) is 18.7. The fourth-order valence-corrected chi connectivity index (χ4v) is 10.3. The molecule has 0 aliphatic carbocycles. The molecular formula is C45H52N7O8P. The Bertz CT molecular complexity index is 2340. The van der Waals surface area contributed by atoms with Crippen molar-refractivity contribution in [3.63, 3.8) is 0 Å². The van der Waals surface area contributed by atoms with Crippen LogP contribution in [0.1, 0.15) is 62.6 Å². The quantitative estimate of drug-likeness (QED) is 0.0738. The number of fused-ring (bicyclic) bond motifs is 2. The zero-order chi connectivity index (χ0) is 43.3. The number of nitriles is 1. The molecule has 61 heavy (non-hydrogen) atoms. The number of aryl methyl sites for hydroxylation is 1. The van der Waals surface area contributed by atoms with Gasteiger partial charge in [0.1, 0.15) is 23.6 Å². The van der Waals surface area contributed by atoms with Crippen LogP contribution in [-0.2, 0) is 30.7 Å². The zero-order valence-electron chi connectivity index (χ0n) is 35.4. The van der Waals surface area contributed by atoms with Crippen LogP contribution in [0.5, 0.6) is 11.5 Å². The molecule has 5 atom stereocenters. The number of nitrogens with one attached hydrogen (secondary N) is 1. The van der Waals surface area contributed by atoms with Gasteiger partial charge in [0.05, 0.1) is 46.5 Å². The van der Waals surface area contributed by atoms with Gasteiger partial charge >= 0.3 is 5.69 Å². The second-order valence-corrected chi connectivity index (χ2v) is 16.9. The topological polar surface area (TPSA) is 166 Å². The minimum Gasteiger partial charge on any atom is -0.497 e. The van der Waals surface area contributed by atoms with Crippen molar-refractivity contribution in [1.29, 1.82) is 5.26 Å². The maximum Gasteiger partial charge on any atom is 0.330 e. The van der Waals surface area contributed by atoms with Crippen molar-refractivity contribution in [2.75, 3.05) is 32.3 Å². The summed E-state index contributed by atoms with van der Waals surface area (Å²) in [6.45, 7) is 10.3. The number of aromatic amines is 1. The predicted octanol–water partition coefficient (Wildman–Crippen LogP) is 6.63. The summed E-state index contributed by atoms with van der Waals surface area (Å²) < 4.78 is 44.2. The smallest absolute Gasteiger partial charge is 0.330 e. The average molecular weight is 850 g/mol. The molecule has 2 aliphatic heterocycles. The Balaban J connectivity index is 1.58. The van der Waals surface area contributed by atoms with Crippen molar-refractivity contribution < 1.29 is 28.0 Å². The zero-order valence-corrected chi connectivity index (χ0v) is 36.3. The molecule has 5 aromatic rings. The van der Waals surface area contributed by atoms with Gasteiger partial charge in [0.2, 0.25) is 5.95 Å². The number of hydrogen-bond acceptors (Lipinski definition) is 13. The Morgan fingerprint density at radius 1 is 0.934 bits per heavy atom. The monoisotopic (exact) mass is 849 g/mol. The van der Waals surface area contributed by atoms with Crippen molar-refractivity contribution in [3.05, 3.63) is 147 Å². The maximum atomic E-state index is 14.1. The number of aromatic nitrogens is 4.